The Labute approximate surface area is 232 Å². The number of nitrogens with two attached hydrogens (primary N) is 1. The van der Waals surface area contributed by atoms with Crippen LogP contribution in [0.3, 0.4) is 0 Å². The number of halogens is 2. The summed E-state index contributed by atoms with van der Waals surface area (Å²) < 4.78 is 37.1. The molecule has 12 heteroatoms. The van der Waals surface area contributed by atoms with E-state index in [-0.39, 0.29) is 56.7 Å². The minimum atomic E-state index is -0.689. The number of piperidine rings is 1. The van der Waals surface area contributed by atoms with Crippen molar-refractivity contribution in [2.24, 2.45) is 0 Å². The van der Waals surface area contributed by atoms with E-state index in [2.05, 4.69) is 19.8 Å². The van der Waals surface area contributed by atoms with Crippen molar-refractivity contribution in [1.29, 1.82) is 5.26 Å². The zero-order valence-electron chi connectivity index (χ0n) is 21.9. The number of nitrogen functional groups attached to an aromatic ring is 1. The summed E-state index contributed by atoms with van der Waals surface area (Å²) in [6.07, 6.45) is 5.33. The summed E-state index contributed by atoms with van der Waals surface area (Å²) in [5.74, 6) is -0.800. The molecule has 2 atom stereocenters. The summed E-state index contributed by atoms with van der Waals surface area (Å²) >= 11 is 0.947. The van der Waals surface area contributed by atoms with E-state index in [1.807, 2.05) is 13.0 Å². The number of nitriles is 1. The van der Waals surface area contributed by atoms with E-state index in [9.17, 15) is 14.8 Å². The van der Waals surface area contributed by atoms with E-state index in [0.29, 0.717) is 30.0 Å². The molecule has 0 bridgehead atoms. The average molecular weight is 564 g/mol. The molecule has 3 aliphatic heterocycles. The van der Waals surface area contributed by atoms with Crippen molar-refractivity contribution in [1.82, 2.24) is 19.9 Å². The second-order valence-corrected chi connectivity index (χ2v) is 12.2. The van der Waals surface area contributed by atoms with Crippen molar-refractivity contribution in [2.75, 3.05) is 36.8 Å². The number of hydrogen-bond acceptors (Lipinski definition) is 10. The highest BCUT2D eigenvalue weighted by Crippen LogP contribution is 2.45. The topological polar surface area (TPSA) is 124 Å². The van der Waals surface area contributed by atoms with Gasteiger partial charge in [-0.05, 0) is 43.9 Å². The van der Waals surface area contributed by atoms with Crippen LogP contribution < -0.4 is 10.6 Å². The summed E-state index contributed by atoms with van der Waals surface area (Å²) in [7, 11) is 0. The fourth-order valence-corrected chi connectivity index (χ4v) is 7.40. The molecule has 4 aromatic rings. The predicted octanol–water partition coefficient (Wildman–Crippen LogP) is 4.09. The fourth-order valence-electron chi connectivity index (χ4n) is 6.48. The summed E-state index contributed by atoms with van der Waals surface area (Å²) in [6, 6.07) is 2.29. The van der Waals surface area contributed by atoms with Crippen LogP contribution in [0.5, 0.6) is 0 Å². The van der Waals surface area contributed by atoms with Gasteiger partial charge in [0, 0.05) is 48.2 Å². The SMILES string of the molecule is CC1(O)CCCN([C@H]2CCN(c3ncc4c5c(c(-c6ncc(F)c7sc(N)c(C#N)c67)c(F)c4n3)COC5)C2)C1. The van der Waals surface area contributed by atoms with Gasteiger partial charge >= 0.3 is 0 Å². The Morgan fingerprint density at radius 1 is 1.23 bits per heavy atom. The lowest BCUT2D eigenvalue weighted by atomic mass is 9.94. The van der Waals surface area contributed by atoms with Crippen LogP contribution in [-0.2, 0) is 18.0 Å². The highest BCUT2D eigenvalue weighted by molar-refractivity contribution is 7.23. The number of ether oxygens (including phenoxy) is 1. The predicted molar refractivity (Wildman–Crippen MR) is 148 cm³/mol. The molecule has 40 heavy (non-hydrogen) atoms. The maximum Gasteiger partial charge on any atom is 0.226 e. The molecule has 1 unspecified atom stereocenters. The van der Waals surface area contributed by atoms with Gasteiger partial charge in [-0.2, -0.15) is 5.26 Å². The lowest BCUT2D eigenvalue weighted by Gasteiger charge is -2.40. The van der Waals surface area contributed by atoms with E-state index >= 15 is 4.39 Å². The molecule has 206 valence electrons. The molecule has 0 radical (unpaired) electrons. The molecular formula is C28H27F2N7O2S. The first-order chi connectivity index (χ1) is 19.3. The zero-order chi connectivity index (χ0) is 27.8. The number of rotatable bonds is 3. The van der Waals surface area contributed by atoms with Crippen molar-refractivity contribution in [3.8, 4) is 17.3 Å². The van der Waals surface area contributed by atoms with Crippen molar-refractivity contribution in [2.45, 2.75) is 51.0 Å². The third kappa shape index (κ3) is 3.91. The summed E-state index contributed by atoms with van der Waals surface area (Å²) in [5.41, 5.74) is 7.21. The van der Waals surface area contributed by atoms with Gasteiger partial charge in [-0.25, -0.2) is 18.7 Å². The number of aliphatic hydroxyl groups is 1. The first kappa shape index (κ1) is 25.5. The monoisotopic (exact) mass is 563 g/mol. The van der Waals surface area contributed by atoms with Crippen molar-refractivity contribution in [3.63, 3.8) is 0 Å². The van der Waals surface area contributed by atoms with Crippen LogP contribution in [0.2, 0.25) is 0 Å². The molecule has 7 rings (SSSR count). The second-order valence-electron chi connectivity index (χ2n) is 11.1. The number of fused-ring (bicyclic) bond motifs is 4. The number of thiophene rings is 1. The summed E-state index contributed by atoms with van der Waals surface area (Å²) in [6.45, 7) is 5.26. The second kappa shape index (κ2) is 9.27. The quantitative estimate of drug-likeness (QED) is 0.379. The summed E-state index contributed by atoms with van der Waals surface area (Å²) in [4.78, 5) is 18.0. The van der Waals surface area contributed by atoms with Crippen molar-refractivity contribution < 1.29 is 18.6 Å². The highest BCUT2D eigenvalue weighted by atomic mass is 32.1. The Bertz CT molecular complexity index is 1730. The third-order valence-corrected chi connectivity index (χ3v) is 9.43. The number of aromatic nitrogens is 3. The highest BCUT2D eigenvalue weighted by Gasteiger charge is 2.36. The normalized spacial score (nSPS) is 23.3. The number of nitrogens with zero attached hydrogens (tertiary/aromatic N) is 6. The standard InChI is InChI=1S/C28H27F2N7O2S/c1-28(38)4-2-5-37(13-28)14-3-6-36(10-14)27-34-8-16-17-11-39-12-18(17)20(22(30)23(16)35-27)24-21-15(7-31)26(32)40-25(21)19(29)9-33-24/h8-9,14,38H,2-6,10-13,32H2,1H3/t14-,28?/m0/s1. The third-order valence-electron chi connectivity index (χ3n) is 8.40. The summed E-state index contributed by atoms with van der Waals surface area (Å²) in [5, 5.41) is 21.3. The number of pyridine rings is 1. The van der Waals surface area contributed by atoms with Crippen LogP contribution in [0.25, 0.3) is 32.2 Å². The van der Waals surface area contributed by atoms with E-state index in [1.54, 1.807) is 6.20 Å². The average Bonchev–Trinajstić information content (AvgIpc) is 3.68. The van der Waals surface area contributed by atoms with Gasteiger partial charge in [-0.1, -0.05) is 0 Å². The molecule has 6 heterocycles. The zero-order valence-corrected chi connectivity index (χ0v) is 22.7. The smallest absolute Gasteiger partial charge is 0.226 e. The van der Waals surface area contributed by atoms with Gasteiger partial charge in [0.25, 0.3) is 0 Å². The molecule has 9 nitrogen and oxygen atoms in total. The molecule has 0 aliphatic carbocycles. The Kier molecular flexibility index (Phi) is 5.90. The number of benzene rings is 1. The van der Waals surface area contributed by atoms with Crippen molar-refractivity contribution in [3.05, 3.63) is 40.7 Å². The maximum atomic E-state index is 16.6. The van der Waals surface area contributed by atoms with Gasteiger partial charge in [0.1, 0.15) is 16.6 Å². The van der Waals surface area contributed by atoms with E-state index < -0.39 is 17.2 Å². The van der Waals surface area contributed by atoms with E-state index in [4.69, 9.17) is 15.5 Å². The molecule has 2 fully saturated rings. The Balaban J connectivity index is 1.33. The Morgan fingerprint density at radius 2 is 2.05 bits per heavy atom. The van der Waals surface area contributed by atoms with Gasteiger partial charge in [0.05, 0.1) is 41.0 Å². The van der Waals surface area contributed by atoms with E-state index in [0.717, 1.165) is 55.4 Å². The first-order valence-corrected chi connectivity index (χ1v) is 14.1. The molecule has 3 aliphatic rings. The van der Waals surface area contributed by atoms with Crippen LogP contribution >= 0.6 is 11.3 Å². The number of β-amino-alcohol motifs (C(OH)–C–C–N with tert-alkyl or cyclic N) is 1. The number of likely N-dealkylation sites (tertiary alicyclic amines) is 1. The van der Waals surface area contributed by atoms with Crippen LogP contribution in [0.1, 0.15) is 42.9 Å². The van der Waals surface area contributed by atoms with Crippen molar-refractivity contribution >= 4 is 43.3 Å². The lowest BCUT2D eigenvalue weighted by molar-refractivity contribution is -0.0271. The van der Waals surface area contributed by atoms with Gasteiger partial charge < -0.3 is 20.5 Å². The van der Waals surface area contributed by atoms with Crippen LogP contribution in [-0.4, -0.2) is 62.8 Å². The first-order valence-electron chi connectivity index (χ1n) is 13.3. The van der Waals surface area contributed by atoms with Gasteiger partial charge in [-0.3, -0.25) is 9.88 Å². The van der Waals surface area contributed by atoms with Crippen LogP contribution in [0, 0.1) is 23.0 Å². The van der Waals surface area contributed by atoms with Crippen LogP contribution in [0.15, 0.2) is 12.4 Å². The number of anilines is 2. The molecule has 0 amide bonds. The molecule has 3 aromatic heterocycles. The molecule has 1 aromatic carbocycles. The van der Waals surface area contributed by atoms with E-state index in [1.165, 1.54) is 0 Å². The van der Waals surface area contributed by atoms with Gasteiger partial charge in [-0.15, -0.1) is 11.3 Å². The minimum absolute atomic E-state index is 0.0809. The maximum absolute atomic E-state index is 16.6. The number of hydrogen-bond donors (Lipinski definition) is 2. The lowest BCUT2D eigenvalue weighted by Crippen LogP contribution is -2.51. The minimum Gasteiger partial charge on any atom is -0.389 e. The molecule has 3 N–H and O–H groups in total. The molecule has 2 saturated heterocycles. The Morgan fingerprint density at radius 3 is 2.85 bits per heavy atom. The molecular weight excluding hydrogens is 536 g/mol. The Hall–Kier alpha value is -3.50. The molecule has 0 saturated carbocycles. The fraction of sp³-hybridized carbons (Fsp3) is 0.429. The van der Waals surface area contributed by atoms with Gasteiger partial charge in [0.2, 0.25) is 5.95 Å². The largest absolute Gasteiger partial charge is 0.389 e. The molecule has 0 spiro atoms. The van der Waals surface area contributed by atoms with Crippen LogP contribution in [0.4, 0.5) is 19.7 Å². The van der Waals surface area contributed by atoms with Gasteiger partial charge in [0.15, 0.2) is 11.6 Å².